The fourth-order valence-electron chi connectivity index (χ4n) is 2.11. The van der Waals surface area contributed by atoms with E-state index in [-0.39, 0.29) is 0 Å². The Kier molecular flexibility index (Phi) is 5.33. The Labute approximate surface area is 98.8 Å². The van der Waals surface area contributed by atoms with Crippen LogP contribution in [0.15, 0.2) is 24.3 Å². The van der Waals surface area contributed by atoms with Gasteiger partial charge in [0.1, 0.15) is 5.75 Å². The summed E-state index contributed by atoms with van der Waals surface area (Å²) in [6.45, 7) is 5.23. The highest BCUT2D eigenvalue weighted by atomic mass is 16.5. The minimum absolute atomic E-state index is 0.552. The highest BCUT2D eigenvalue weighted by Crippen LogP contribution is 2.23. The lowest BCUT2D eigenvalue weighted by atomic mass is 9.91. The van der Waals surface area contributed by atoms with Crippen LogP contribution in [0.3, 0.4) is 0 Å². The van der Waals surface area contributed by atoms with Crippen molar-refractivity contribution in [2.24, 2.45) is 17.6 Å². The highest BCUT2D eigenvalue weighted by Gasteiger charge is 2.12. The van der Waals surface area contributed by atoms with Crippen LogP contribution in [0.5, 0.6) is 5.75 Å². The van der Waals surface area contributed by atoms with Crippen LogP contribution in [0.25, 0.3) is 0 Å². The maximum absolute atomic E-state index is 5.82. The lowest BCUT2D eigenvalue weighted by Gasteiger charge is -2.18. The van der Waals surface area contributed by atoms with E-state index in [0.717, 1.165) is 18.7 Å². The summed E-state index contributed by atoms with van der Waals surface area (Å²) >= 11 is 0. The van der Waals surface area contributed by atoms with Crippen molar-refractivity contribution in [1.82, 2.24) is 0 Å². The summed E-state index contributed by atoms with van der Waals surface area (Å²) in [6.07, 6.45) is 2.19. The molecule has 0 saturated carbocycles. The van der Waals surface area contributed by atoms with Crippen LogP contribution in [0.4, 0.5) is 0 Å². The van der Waals surface area contributed by atoms with Crippen LogP contribution >= 0.6 is 0 Å². The first kappa shape index (κ1) is 13.0. The summed E-state index contributed by atoms with van der Waals surface area (Å²) in [5.41, 5.74) is 7.08. The predicted octanol–water partition coefficient (Wildman–Crippen LogP) is 2.86. The minimum Gasteiger partial charge on any atom is -0.496 e. The molecule has 2 nitrogen and oxygen atoms in total. The molecule has 0 aliphatic carbocycles. The van der Waals surface area contributed by atoms with Crippen molar-refractivity contribution >= 4 is 0 Å². The molecule has 0 amide bonds. The fourth-order valence-corrected chi connectivity index (χ4v) is 2.11. The predicted molar refractivity (Wildman–Crippen MR) is 68.7 cm³/mol. The molecule has 0 radical (unpaired) electrons. The van der Waals surface area contributed by atoms with Gasteiger partial charge < -0.3 is 10.5 Å². The van der Waals surface area contributed by atoms with E-state index in [9.17, 15) is 0 Å². The third-order valence-corrected chi connectivity index (χ3v) is 2.84. The molecule has 1 aromatic carbocycles. The topological polar surface area (TPSA) is 35.2 Å². The quantitative estimate of drug-likeness (QED) is 0.801. The molecule has 0 saturated heterocycles. The molecular formula is C14H23NO. The van der Waals surface area contributed by atoms with Crippen LogP contribution in [0, 0.1) is 11.8 Å². The number of benzene rings is 1. The number of hydrogen-bond acceptors (Lipinski definition) is 2. The molecule has 1 unspecified atom stereocenters. The molecule has 1 rings (SSSR count). The van der Waals surface area contributed by atoms with Crippen LogP contribution in [0.1, 0.15) is 25.8 Å². The molecule has 0 aliphatic rings. The van der Waals surface area contributed by atoms with Gasteiger partial charge in [0.05, 0.1) is 7.11 Å². The van der Waals surface area contributed by atoms with Gasteiger partial charge in [0, 0.05) is 0 Å². The number of ether oxygens (including phenoxy) is 1. The zero-order chi connectivity index (χ0) is 12.0. The first-order valence-corrected chi connectivity index (χ1v) is 5.99. The summed E-state index contributed by atoms with van der Waals surface area (Å²) in [6, 6.07) is 8.20. The van der Waals surface area contributed by atoms with Crippen LogP contribution in [-0.4, -0.2) is 13.7 Å². The second kappa shape index (κ2) is 6.54. The van der Waals surface area contributed by atoms with Crippen molar-refractivity contribution in [3.63, 3.8) is 0 Å². The molecule has 1 atom stereocenters. The second-order valence-corrected chi connectivity index (χ2v) is 4.75. The number of para-hydroxylation sites is 1. The average molecular weight is 221 g/mol. The van der Waals surface area contributed by atoms with E-state index in [1.165, 1.54) is 12.0 Å². The van der Waals surface area contributed by atoms with Crippen molar-refractivity contribution < 1.29 is 4.74 Å². The van der Waals surface area contributed by atoms with Gasteiger partial charge in [0.25, 0.3) is 0 Å². The zero-order valence-electron chi connectivity index (χ0n) is 10.6. The molecule has 0 bridgehead atoms. The largest absolute Gasteiger partial charge is 0.496 e. The standard InChI is InChI=1S/C14H23NO/c1-11(2)8-12(10-15)9-13-6-4-5-7-14(13)16-3/h4-7,11-12H,8-10,15H2,1-3H3. The first-order valence-electron chi connectivity index (χ1n) is 5.99. The molecule has 1 aromatic rings. The van der Waals surface area contributed by atoms with Crippen molar-refractivity contribution in [1.29, 1.82) is 0 Å². The molecular weight excluding hydrogens is 198 g/mol. The first-order chi connectivity index (χ1) is 7.67. The van der Waals surface area contributed by atoms with E-state index in [1.54, 1.807) is 7.11 Å². The maximum atomic E-state index is 5.82. The summed E-state index contributed by atoms with van der Waals surface area (Å²) in [5.74, 6) is 2.23. The van der Waals surface area contributed by atoms with Gasteiger partial charge in [0.2, 0.25) is 0 Å². The SMILES string of the molecule is COc1ccccc1CC(CN)CC(C)C. The Morgan fingerprint density at radius 3 is 2.50 bits per heavy atom. The van der Waals surface area contributed by atoms with Gasteiger partial charge in [-0.05, 0) is 42.9 Å². The lowest BCUT2D eigenvalue weighted by molar-refractivity contribution is 0.387. The van der Waals surface area contributed by atoms with Crippen molar-refractivity contribution in [2.45, 2.75) is 26.7 Å². The van der Waals surface area contributed by atoms with Crippen molar-refractivity contribution in [3.8, 4) is 5.75 Å². The monoisotopic (exact) mass is 221 g/mol. The number of nitrogens with two attached hydrogens (primary N) is 1. The van der Waals surface area contributed by atoms with Crippen molar-refractivity contribution in [2.75, 3.05) is 13.7 Å². The van der Waals surface area contributed by atoms with Gasteiger partial charge in [-0.2, -0.15) is 0 Å². The number of methoxy groups -OCH3 is 1. The Balaban J connectivity index is 2.69. The molecule has 0 fully saturated rings. The molecule has 90 valence electrons. The lowest BCUT2D eigenvalue weighted by Crippen LogP contribution is -2.19. The van der Waals surface area contributed by atoms with E-state index >= 15 is 0 Å². The van der Waals surface area contributed by atoms with Crippen LogP contribution < -0.4 is 10.5 Å². The van der Waals surface area contributed by atoms with Gasteiger partial charge in [-0.15, -0.1) is 0 Å². The Morgan fingerprint density at radius 2 is 1.94 bits per heavy atom. The summed E-state index contributed by atoms with van der Waals surface area (Å²) in [7, 11) is 1.72. The molecule has 2 N–H and O–H groups in total. The maximum Gasteiger partial charge on any atom is 0.122 e. The molecule has 16 heavy (non-hydrogen) atoms. The minimum atomic E-state index is 0.552. The van der Waals surface area contributed by atoms with Crippen molar-refractivity contribution in [3.05, 3.63) is 29.8 Å². The third-order valence-electron chi connectivity index (χ3n) is 2.84. The molecule has 0 spiro atoms. The van der Waals surface area contributed by atoms with E-state index < -0.39 is 0 Å². The molecule has 0 aromatic heterocycles. The highest BCUT2D eigenvalue weighted by molar-refractivity contribution is 5.33. The zero-order valence-corrected chi connectivity index (χ0v) is 10.6. The van der Waals surface area contributed by atoms with Gasteiger partial charge in [-0.25, -0.2) is 0 Å². The summed E-state index contributed by atoms with van der Waals surface area (Å²) in [4.78, 5) is 0. The Morgan fingerprint density at radius 1 is 1.25 bits per heavy atom. The van der Waals surface area contributed by atoms with Gasteiger partial charge >= 0.3 is 0 Å². The van der Waals surface area contributed by atoms with E-state index in [4.69, 9.17) is 10.5 Å². The van der Waals surface area contributed by atoms with E-state index in [0.29, 0.717) is 11.8 Å². The molecule has 0 heterocycles. The average Bonchev–Trinajstić information content (AvgIpc) is 2.28. The Bertz CT molecular complexity index is 309. The fraction of sp³-hybridized carbons (Fsp3) is 0.571. The summed E-state index contributed by atoms with van der Waals surface area (Å²) in [5, 5.41) is 0. The van der Waals surface area contributed by atoms with Gasteiger partial charge in [-0.1, -0.05) is 32.0 Å². The Hall–Kier alpha value is -1.02. The van der Waals surface area contributed by atoms with Crippen LogP contribution in [-0.2, 0) is 6.42 Å². The van der Waals surface area contributed by atoms with Crippen LogP contribution in [0.2, 0.25) is 0 Å². The smallest absolute Gasteiger partial charge is 0.122 e. The number of hydrogen-bond donors (Lipinski definition) is 1. The molecule has 2 heteroatoms. The van der Waals surface area contributed by atoms with Gasteiger partial charge in [-0.3, -0.25) is 0 Å². The second-order valence-electron chi connectivity index (χ2n) is 4.75. The normalized spacial score (nSPS) is 12.8. The van der Waals surface area contributed by atoms with Gasteiger partial charge in [0.15, 0.2) is 0 Å². The third kappa shape index (κ3) is 3.86. The van der Waals surface area contributed by atoms with E-state index in [1.807, 2.05) is 12.1 Å². The molecule has 0 aliphatic heterocycles. The number of rotatable bonds is 6. The summed E-state index contributed by atoms with van der Waals surface area (Å²) < 4.78 is 5.35. The van der Waals surface area contributed by atoms with E-state index in [2.05, 4.69) is 26.0 Å².